The van der Waals surface area contributed by atoms with Gasteiger partial charge < -0.3 is 14.3 Å². The number of hydrogen-bond donors (Lipinski definition) is 1. The maximum Gasteiger partial charge on any atom is 0.332 e. The van der Waals surface area contributed by atoms with Crippen molar-refractivity contribution < 1.29 is 19.1 Å². The Bertz CT molecular complexity index is 214. The molecule has 1 N–H and O–H groups in total. The van der Waals surface area contributed by atoms with E-state index in [1.54, 1.807) is 12.1 Å². The predicted molar refractivity (Wildman–Crippen MR) is 35.6 cm³/mol. The van der Waals surface area contributed by atoms with Crippen molar-refractivity contribution in [3.05, 3.63) is 24.2 Å². The van der Waals surface area contributed by atoms with Gasteiger partial charge in [-0.2, -0.15) is 0 Å². The van der Waals surface area contributed by atoms with E-state index in [9.17, 15) is 4.79 Å². The Balaban J connectivity index is 2.29. The van der Waals surface area contributed by atoms with E-state index in [2.05, 4.69) is 4.74 Å². The maximum atomic E-state index is 10.4. The van der Waals surface area contributed by atoms with E-state index in [-0.39, 0.29) is 6.61 Å². The number of furan rings is 1. The van der Waals surface area contributed by atoms with Gasteiger partial charge in [-0.3, -0.25) is 0 Å². The molecule has 0 radical (unpaired) electrons. The maximum absolute atomic E-state index is 10.4. The van der Waals surface area contributed by atoms with Crippen molar-refractivity contribution >= 4 is 5.97 Å². The van der Waals surface area contributed by atoms with Crippen molar-refractivity contribution in [3.63, 3.8) is 0 Å². The molecular formula is C7H8O4. The number of esters is 1. The molecule has 4 nitrogen and oxygen atoms in total. The van der Waals surface area contributed by atoms with Crippen LogP contribution < -0.4 is 0 Å². The molecule has 11 heavy (non-hydrogen) atoms. The van der Waals surface area contributed by atoms with Gasteiger partial charge in [0.2, 0.25) is 0 Å². The number of hydrogen-bond acceptors (Lipinski definition) is 4. The van der Waals surface area contributed by atoms with Gasteiger partial charge in [0.15, 0.2) is 0 Å². The van der Waals surface area contributed by atoms with Crippen LogP contribution in [0, 0.1) is 0 Å². The highest BCUT2D eigenvalue weighted by Gasteiger charge is 2.00. The zero-order valence-electron chi connectivity index (χ0n) is 5.82. The fourth-order valence-electron chi connectivity index (χ4n) is 0.592. The normalized spacial score (nSPS) is 9.55. The van der Waals surface area contributed by atoms with Crippen LogP contribution in [0.2, 0.25) is 0 Å². The average molecular weight is 156 g/mol. The zero-order chi connectivity index (χ0) is 8.10. The molecular weight excluding hydrogens is 148 g/mol. The van der Waals surface area contributed by atoms with E-state index in [1.165, 1.54) is 6.26 Å². The van der Waals surface area contributed by atoms with Crippen LogP contribution in [0.3, 0.4) is 0 Å². The van der Waals surface area contributed by atoms with Crippen molar-refractivity contribution in [3.8, 4) is 0 Å². The van der Waals surface area contributed by atoms with E-state index in [1.807, 2.05) is 0 Å². The van der Waals surface area contributed by atoms with E-state index in [4.69, 9.17) is 9.52 Å². The Hall–Kier alpha value is -1.29. The van der Waals surface area contributed by atoms with Crippen LogP contribution in [0.15, 0.2) is 22.8 Å². The second kappa shape index (κ2) is 3.78. The van der Waals surface area contributed by atoms with Crippen LogP contribution in [0.4, 0.5) is 0 Å². The van der Waals surface area contributed by atoms with Gasteiger partial charge >= 0.3 is 5.97 Å². The standard InChI is InChI=1S/C7H8O4/c8-4-7(9)11-5-6-2-1-3-10-6/h1-3,8H,4-5H2. The molecule has 1 rings (SSSR count). The summed E-state index contributed by atoms with van der Waals surface area (Å²) >= 11 is 0. The van der Waals surface area contributed by atoms with Gasteiger partial charge in [-0.1, -0.05) is 0 Å². The molecule has 0 saturated carbocycles. The third-order valence-corrected chi connectivity index (χ3v) is 1.08. The van der Waals surface area contributed by atoms with E-state index in [0.717, 1.165) is 0 Å². The number of rotatable bonds is 3. The van der Waals surface area contributed by atoms with E-state index in [0.29, 0.717) is 5.76 Å². The first-order valence-electron chi connectivity index (χ1n) is 3.12. The van der Waals surface area contributed by atoms with Crippen molar-refractivity contribution in [2.45, 2.75) is 6.61 Å². The minimum atomic E-state index is -0.651. The first-order chi connectivity index (χ1) is 5.33. The molecule has 0 saturated heterocycles. The van der Waals surface area contributed by atoms with Crippen molar-refractivity contribution in [2.75, 3.05) is 6.61 Å². The lowest BCUT2D eigenvalue weighted by Gasteiger charge is -1.97. The second-order valence-electron chi connectivity index (χ2n) is 1.90. The third kappa shape index (κ3) is 2.43. The smallest absolute Gasteiger partial charge is 0.332 e. The number of aliphatic hydroxyl groups is 1. The van der Waals surface area contributed by atoms with Crippen LogP contribution in [0.25, 0.3) is 0 Å². The number of ether oxygens (including phenoxy) is 1. The minimum absolute atomic E-state index is 0.0758. The molecule has 1 aromatic heterocycles. The summed E-state index contributed by atoms with van der Waals surface area (Å²) in [6.45, 7) is -0.521. The summed E-state index contributed by atoms with van der Waals surface area (Å²) in [5, 5.41) is 8.26. The monoisotopic (exact) mass is 156 g/mol. The average Bonchev–Trinajstić information content (AvgIpc) is 2.52. The summed E-state index contributed by atoms with van der Waals surface area (Å²) in [7, 11) is 0. The summed E-state index contributed by atoms with van der Waals surface area (Å²) in [6.07, 6.45) is 1.49. The molecule has 0 spiro atoms. The fourth-order valence-corrected chi connectivity index (χ4v) is 0.592. The molecule has 0 amide bonds. The van der Waals surface area contributed by atoms with Gasteiger partial charge in [0.05, 0.1) is 6.26 Å². The molecule has 0 fully saturated rings. The summed E-state index contributed by atoms with van der Waals surface area (Å²) in [4.78, 5) is 10.4. The lowest BCUT2D eigenvalue weighted by atomic mass is 10.5. The van der Waals surface area contributed by atoms with Crippen LogP contribution in [0.1, 0.15) is 5.76 Å². The highest BCUT2D eigenvalue weighted by Crippen LogP contribution is 2.01. The first-order valence-corrected chi connectivity index (χ1v) is 3.12. The summed E-state index contributed by atoms with van der Waals surface area (Å²) in [5.74, 6) is -0.0896. The van der Waals surface area contributed by atoms with Gasteiger partial charge in [0, 0.05) is 0 Å². The Kier molecular flexibility index (Phi) is 2.68. The summed E-state index contributed by atoms with van der Waals surface area (Å²) < 4.78 is 9.42. The topological polar surface area (TPSA) is 59.7 Å². The lowest BCUT2D eigenvalue weighted by Crippen LogP contribution is -2.08. The lowest BCUT2D eigenvalue weighted by molar-refractivity contribution is -0.148. The Morgan fingerprint density at radius 1 is 1.73 bits per heavy atom. The SMILES string of the molecule is O=C(CO)OCc1ccco1. The molecule has 0 bridgehead atoms. The predicted octanol–water partition coefficient (Wildman–Crippen LogP) is 0.315. The molecule has 4 heteroatoms. The summed E-state index contributed by atoms with van der Waals surface area (Å²) in [5.41, 5.74) is 0. The highest BCUT2D eigenvalue weighted by atomic mass is 16.5. The Morgan fingerprint density at radius 3 is 3.09 bits per heavy atom. The van der Waals surface area contributed by atoms with Gasteiger partial charge in [-0.25, -0.2) is 4.79 Å². The quantitative estimate of drug-likeness (QED) is 0.640. The third-order valence-electron chi connectivity index (χ3n) is 1.08. The number of aliphatic hydroxyl groups excluding tert-OH is 1. The molecule has 0 unspecified atom stereocenters. The van der Waals surface area contributed by atoms with Gasteiger partial charge in [0.1, 0.15) is 19.0 Å². The number of carbonyl (C=O) groups is 1. The molecule has 1 aromatic rings. The Labute approximate surface area is 63.4 Å². The Morgan fingerprint density at radius 2 is 2.55 bits per heavy atom. The first kappa shape index (κ1) is 7.81. The van der Waals surface area contributed by atoms with Crippen LogP contribution in [-0.2, 0) is 16.1 Å². The van der Waals surface area contributed by atoms with Gasteiger partial charge in [-0.05, 0) is 12.1 Å². The molecule has 0 aliphatic carbocycles. The second-order valence-corrected chi connectivity index (χ2v) is 1.90. The number of carbonyl (C=O) groups excluding carboxylic acids is 1. The molecule has 0 aliphatic rings. The largest absolute Gasteiger partial charge is 0.466 e. The van der Waals surface area contributed by atoms with Crippen molar-refractivity contribution in [1.29, 1.82) is 0 Å². The molecule has 60 valence electrons. The van der Waals surface area contributed by atoms with Crippen LogP contribution in [-0.4, -0.2) is 17.7 Å². The van der Waals surface area contributed by atoms with Gasteiger partial charge in [-0.15, -0.1) is 0 Å². The fraction of sp³-hybridized carbons (Fsp3) is 0.286. The summed E-state index contributed by atoms with van der Waals surface area (Å²) in [6, 6.07) is 3.38. The molecule has 1 heterocycles. The van der Waals surface area contributed by atoms with Crippen LogP contribution >= 0.6 is 0 Å². The van der Waals surface area contributed by atoms with Gasteiger partial charge in [0.25, 0.3) is 0 Å². The minimum Gasteiger partial charge on any atom is -0.466 e. The molecule has 0 aromatic carbocycles. The van der Waals surface area contributed by atoms with E-state index >= 15 is 0 Å². The van der Waals surface area contributed by atoms with E-state index < -0.39 is 12.6 Å². The molecule has 0 atom stereocenters. The highest BCUT2D eigenvalue weighted by molar-refractivity contribution is 5.70. The van der Waals surface area contributed by atoms with Crippen LogP contribution in [0.5, 0.6) is 0 Å². The molecule has 0 aliphatic heterocycles. The zero-order valence-corrected chi connectivity index (χ0v) is 5.82. The van der Waals surface area contributed by atoms with Crippen molar-refractivity contribution in [1.82, 2.24) is 0 Å². The van der Waals surface area contributed by atoms with Crippen molar-refractivity contribution in [2.24, 2.45) is 0 Å².